The van der Waals surface area contributed by atoms with Crippen molar-refractivity contribution < 1.29 is 13.2 Å². The molecule has 104 valence electrons. The van der Waals surface area contributed by atoms with E-state index in [0.717, 1.165) is 22.0 Å². The molecule has 4 nitrogen and oxygen atoms in total. The van der Waals surface area contributed by atoms with E-state index in [1.807, 2.05) is 0 Å². The summed E-state index contributed by atoms with van der Waals surface area (Å²) in [5, 5.41) is 0.845. The molecule has 1 atom stereocenters. The molecule has 0 spiro atoms. The van der Waals surface area contributed by atoms with Gasteiger partial charge in [-0.3, -0.25) is 4.79 Å². The van der Waals surface area contributed by atoms with E-state index in [0.29, 0.717) is 12.8 Å². The molecule has 2 heterocycles. The molecule has 0 amide bonds. The zero-order valence-electron chi connectivity index (χ0n) is 11.1. The number of thiazole rings is 1. The molecule has 1 aromatic rings. The van der Waals surface area contributed by atoms with Gasteiger partial charge in [-0.2, -0.15) is 0 Å². The van der Waals surface area contributed by atoms with Crippen LogP contribution in [0.2, 0.25) is 0 Å². The number of carbonyl (C=O) groups is 1. The van der Waals surface area contributed by atoms with Gasteiger partial charge < -0.3 is 0 Å². The Morgan fingerprint density at radius 2 is 2.05 bits per heavy atom. The van der Waals surface area contributed by atoms with E-state index in [1.165, 1.54) is 11.3 Å². The highest BCUT2D eigenvalue weighted by Crippen LogP contribution is 2.40. The van der Waals surface area contributed by atoms with Crippen molar-refractivity contribution >= 4 is 27.0 Å². The van der Waals surface area contributed by atoms with Gasteiger partial charge >= 0.3 is 0 Å². The lowest BCUT2D eigenvalue weighted by atomic mass is 9.78. The van der Waals surface area contributed by atoms with E-state index in [1.54, 1.807) is 0 Å². The number of carbonyl (C=O) groups excluding carboxylic acids is 1. The fourth-order valence-corrected chi connectivity index (χ4v) is 5.91. The number of fused-ring (bicyclic) bond motifs is 1. The second-order valence-corrected chi connectivity index (χ2v) is 9.63. The van der Waals surface area contributed by atoms with Crippen LogP contribution in [0.5, 0.6) is 0 Å². The Bertz CT molecular complexity index is 643. The maximum atomic E-state index is 12.1. The van der Waals surface area contributed by atoms with Crippen molar-refractivity contribution in [2.45, 2.75) is 39.0 Å². The van der Waals surface area contributed by atoms with E-state index in [9.17, 15) is 13.2 Å². The van der Waals surface area contributed by atoms with Crippen molar-refractivity contribution in [3.8, 4) is 0 Å². The molecule has 1 aromatic heterocycles. The molecule has 1 aliphatic heterocycles. The zero-order chi connectivity index (χ0) is 13.8. The van der Waals surface area contributed by atoms with E-state index in [-0.39, 0.29) is 28.6 Å². The molecule has 2 aliphatic rings. The van der Waals surface area contributed by atoms with Crippen LogP contribution in [0.4, 0.5) is 0 Å². The predicted octanol–water partition coefficient (Wildman–Crippen LogP) is 2.20. The normalized spacial score (nSPS) is 28.3. The van der Waals surface area contributed by atoms with Crippen LogP contribution < -0.4 is 0 Å². The summed E-state index contributed by atoms with van der Waals surface area (Å²) in [6, 6.07) is 0. The Morgan fingerprint density at radius 3 is 2.68 bits per heavy atom. The number of nitrogens with zero attached hydrogens (tertiary/aromatic N) is 1. The maximum absolute atomic E-state index is 12.1. The van der Waals surface area contributed by atoms with E-state index in [4.69, 9.17) is 0 Å². The molecule has 0 bridgehead atoms. The number of Topliss-reactive ketones (excluding diaryl/α,β-unsaturated/α-hetero) is 1. The summed E-state index contributed by atoms with van der Waals surface area (Å²) in [4.78, 5) is 17.4. The molecule has 0 radical (unpaired) electrons. The fraction of sp³-hybridized carbons (Fsp3) is 0.692. The molecule has 0 saturated carbocycles. The second kappa shape index (κ2) is 4.12. The molecular weight excluding hydrogens is 282 g/mol. The topological polar surface area (TPSA) is 64.1 Å². The summed E-state index contributed by atoms with van der Waals surface area (Å²) < 4.78 is 23.1. The minimum absolute atomic E-state index is 0.00323. The van der Waals surface area contributed by atoms with Crippen LogP contribution in [0.15, 0.2) is 0 Å². The van der Waals surface area contributed by atoms with E-state index in [2.05, 4.69) is 18.8 Å². The highest BCUT2D eigenvalue weighted by atomic mass is 32.2. The molecule has 1 unspecified atom stereocenters. The van der Waals surface area contributed by atoms with Crippen molar-refractivity contribution in [3.63, 3.8) is 0 Å². The molecule has 19 heavy (non-hydrogen) atoms. The molecular formula is C13H17NO3S2. The lowest BCUT2D eigenvalue weighted by molar-refractivity contribution is 0.0916. The largest absolute Gasteiger partial charge is 0.293 e. The molecule has 1 fully saturated rings. The van der Waals surface area contributed by atoms with Gasteiger partial charge in [-0.05, 0) is 18.3 Å². The number of rotatable bonds is 1. The molecule has 6 heteroatoms. The summed E-state index contributed by atoms with van der Waals surface area (Å²) in [5.41, 5.74) is 0.850. The Labute approximate surface area is 117 Å². The van der Waals surface area contributed by atoms with Crippen LogP contribution >= 0.6 is 11.3 Å². The van der Waals surface area contributed by atoms with Crippen LogP contribution in [0, 0.1) is 5.41 Å². The molecule has 0 N–H and O–H groups in total. The maximum Gasteiger partial charge on any atom is 0.175 e. The Hall–Kier alpha value is -0.750. The molecule has 1 aliphatic carbocycles. The second-order valence-electron chi connectivity index (χ2n) is 6.37. The standard InChI is InChI=1S/C13H17NO3S2/c1-13(2)5-9-11(10(15)6-13)18-12(14-9)8-3-4-19(16,17)7-8/h8H,3-7H2,1-2H3. The van der Waals surface area contributed by atoms with Crippen LogP contribution in [-0.4, -0.2) is 30.7 Å². The summed E-state index contributed by atoms with van der Waals surface area (Å²) in [5.74, 6) is 0.602. The van der Waals surface area contributed by atoms with Crippen LogP contribution in [0.25, 0.3) is 0 Å². The fourth-order valence-electron chi connectivity index (χ4n) is 2.90. The minimum atomic E-state index is -2.90. The van der Waals surface area contributed by atoms with Gasteiger partial charge in [-0.25, -0.2) is 13.4 Å². The third-order valence-corrected chi connectivity index (χ3v) is 6.90. The monoisotopic (exact) mass is 299 g/mol. The van der Waals surface area contributed by atoms with Crippen molar-refractivity contribution in [1.82, 2.24) is 4.98 Å². The summed E-state index contributed by atoms with van der Waals surface area (Å²) in [6.07, 6.45) is 2.01. The van der Waals surface area contributed by atoms with Gasteiger partial charge in [0, 0.05) is 12.3 Å². The highest BCUT2D eigenvalue weighted by Gasteiger charge is 2.37. The van der Waals surface area contributed by atoms with Gasteiger partial charge in [0.2, 0.25) is 0 Å². The molecule has 3 rings (SSSR count). The van der Waals surface area contributed by atoms with Gasteiger partial charge in [-0.15, -0.1) is 11.3 Å². The van der Waals surface area contributed by atoms with Crippen molar-refractivity contribution in [3.05, 3.63) is 15.6 Å². The highest BCUT2D eigenvalue weighted by molar-refractivity contribution is 7.91. The predicted molar refractivity (Wildman–Crippen MR) is 74.6 cm³/mol. The van der Waals surface area contributed by atoms with Gasteiger partial charge in [-0.1, -0.05) is 13.8 Å². The van der Waals surface area contributed by atoms with Crippen LogP contribution in [0.1, 0.15) is 53.0 Å². The third-order valence-electron chi connectivity index (χ3n) is 3.83. The number of aromatic nitrogens is 1. The first kappa shape index (κ1) is 13.2. The summed E-state index contributed by atoms with van der Waals surface area (Å²) in [6.45, 7) is 4.15. The number of ketones is 1. The minimum Gasteiger partial charge on any atom is -0.293 e. The Morgan fingerprint density at radius 1 is 1.32 bits per heavy atom. The summed E-state index contributed by atoms with van der Waals surface area (Å²) >= 11 is 1.42. The van der Waals surface area contributed by atoms with Crippen LogP contribution in [-0.2, 0) is 16.3 Å². The first-order valence-corrected chi connectivity index (χ1v) is 9.13. The quantitative estimate of drug-likeness (QED) is 0.797. The SMILES string of the molecule is CC1(C)CC(=O)c2sc(C3CCS(=O)(=O)C3)nc2C1. The molecule has 0 aromatic carbocycles. The van der Waals surface area contributed by atoms with Gasteiger partial charge in [0.05, 0.1) is 27.1 Å². The van der Waals surface area contributed by atoms with Gasteiger partial charge in [0.15, 0.2) is 15.6 Å². The third kappa shape index (κ3) is 2.48. The Kier molecular flexibility index (Phi) is 2.87. The van der Waals surface area contributed by atoms with Gasteiger partial charge in [0.1, 0.15) is 0 Å². The average molecular weight is 299 g/mol. The first-order chi connectivity index (χ1) is 8.76. The number of hydrogen-bond acceptors (Lipinski definition) is 5. The average Bonchev–Trinajstić information content (AvgIpc) is 2.79. The zero-order valence-corrected chi connectivity index (χ0v) is 12.7. The van der Waals surface area contributed by atoms with Gasteiger partial charge in [0.25, 0.3) is 0 Å². The lowest BCUT2D eigenvalue weighted by Gasteiger charge is -2.26. The Balaban J connectivity index is 1.94. The van der Waals surface area contributed by atoms with E-state index >= 15 is 0 Å². The van der Waals surface area contributed by atoms with Crippen molar-refractivity contribution in [2.75, 3.05) is 11.5 Å². The first-order valence-electron chi connectivity index (χ1n) is 6.49. The molecule has 1 saturated heterocycles. The number of sulfone groups is 1. The van der Waals surface area contributed by atoms with Crippen LogP contribution in [0.3, 0.4) is 0 Å². The number of hydrogen-bond donors (Lipinski definition) is 0. The lowest BCUT2D eigenvalue weighted by Crippen LogP contribution is -2.26. The van der Waals surface area contributed by atoms with Crippen molar-refractivity contribution in [1.29, 1.82) is 0 Å². The summed E-state index contributed by atoms with van der Waals surface area (Å²) in [7, 11) is -2.90. The van der Waals surface area contributed by atoms with E-state index < -0.39 is 9.84 Å². The van der Waals surface area contributed by atoms with Crippen molar-refractivity contribution in [2.24, 2.45) is 5.41 Å². The smallest absolute Gasteiger partial charge is 0.175 e.